The second-order valence-electron chi connectivity index (χ2n) is 12.5. The van der Waals surface area contributed by atoms with Crippen molar-refractivity contribution in [3.05, 3.63) is 81.9 Å². The molecule has 2 aromatic carbocycles. The van der Waals surface area contributed by atoms with Gasteiger partial charge in [0.05, 0.1) is 18.4 Å². The third-order valence-electron chi connectivity index (χ3n) is 9.51. The summed E-state index contributed by atoms with van der Waals surface area (Å²) >= 11 is 0. The van der Waals surface area contributed by atoms with Crippen molar-refractivity contribution in [3.63, 3.8) is 0 Å². The maximum atomic E-state index is 15.4. The number of aryl methyl sites for hydroxylation is 3. The van der Waals surface area contributed by atoms with E-state index < -0.39 is 5.82 Å². The fourth-order valence-corrected chi connectivity index (χ4v) is 7.02. The van der Waals surface area contributed by atoms with Gasteiger partial charge in [0.2, 0.25) is 0 Å². The van der Waals surface area contributed by atoms with E-state index in [0.717, 1.165) is 61.5 Å². The van der Waals surface area contributed by atoms with Gasteiger partial charge in [-0.2, -0.15) is 0 Å². The number of cyclic esters (lactones) is 1. The molecule has 10 heteroatoms. The Morgan fingerprint density at radius 2 is 1.76 bits per heavy atom. The first kappa shape index (κ1) is 31.8. The van der Waals surface area contributed by atoms with E-state index in [0.29, 0.717) is 25.9 Å². The Kier molecular flexibility index (Phi) is 9.44. The SMILES string of the molecule is CCc1nc(C)cc(C)c1CN1CCC(Oc2cc(OC)c(C(=O)N3CCC(N4C(=O)OCc5ccccc54)CC3)cc2F)CC1. The fraction of sp³-hybridized carbons (Fsp3) is 0.472. The highest BCUT2D eigenvalue weighted by Gasteiger charge is 2.36. The smallest absolute Gasteiger partial charge is 0.414 e. The van der Waals surface area contributed by atoms with E-state index in [9.17, 15) is 9.59 Å². The van der Waals surface area contributed by atoms with E-state index in [1.165, 1.54) is 30.4 Å². The molecule has 0 saturated carbocycles. The van der Waals surface area contributed by atoms with Crippen molar-refractivity contribution in [2.24, 2.45) is 0 Å². The third-order valence-corrected chi connectivity index (χ3v) is 9.51. The van der Waals surface area contributed by atoms with Crippen molar-refractivity contribution in [2.45, 2.75) is 78.2 Å². The number of carbonyl (C=O) groups excluding carboxylic acids is 2. The lowest BCUT2D eigenvalue weighted by Crippen LogP contribution is -2.50. The third kappa shape index (κ3) is 6.54. The molecule has 4 heterocycles. The van der Waals surface area contributed by atoms with Gasteiger partial charge in [0, 0.05) is 61.8 Å². The molecule has 0 bridgehead atoms. The monoisotopic (exact) mass is 630 g/mol. The van der Waals surface area contributed by atoms with Gasteiger partial charge >= 0.3 is 6.09 Å². The molecule has 9 nitrogen and oxygen atoms in total. The number of hydrogen-bond acceptors (Lipinski definition) is 7. The zero-order valence-corrected chi connectivity index (χ0v) is 27.2. The highest BCUT2D eigenvalue weighted by molar-refractivity contribution is 5.97. The molecule has 46 heavy (non-hydrogen) atoms. The number of piperidine rings is 2. The summed E-state index contributed by atoms with van der Waals surface area (Å²) in [5, 5.41) is 0. The highest BCUT2D eigenvalue weighted by Crippen LogP contribution is 2.34. The Morgan fingerprint density at radius 3 is 2.48 bits per heavy atom. The minimum atomic E-state index is -0.580. The molecule has 0 unspecified atom stereocenters. The Morgan fingerprint density at radius 1 is 1.02 bits per heavy atom. The van der Waals surface area contributed by atoms with Crippen LogP contribution in [0.2, 0.25) is 0 Å². The molecule has 2 fully saturated rings. The van der Waals surface area contributed by atoms with Gasteiger partial charge in [0.25, 0.3) is 5.91 Å². The van der Waals surface area contributed by atoms with Crippen LogP contribution in [0, 0.1) is 19.7 Å². The fourth-order valence-electron chi connectivity index (χ4n) is 7.02. The molecule has 0 spiro atoms. The van der Waals surface area contributed by atoms with Crippen molar-refractivity contribution in [1.29, 1.82) is 0 Å². The van der Waals surface area contributed by atoms with Gasteiger partial charge in [0.15, 0.2) is 11.6 Å². The largest absolute Gasteiger partial charge is 0.496 e. The molecule has 3 aliphatic heterocycles. The Bertz CT molecular complexity index is 1600. The molecular weight excluding hydrogens is 587 g/mol. The Hall–Kier alpha value is -4.18. The van der Waals surface area contributed by atoms with E-state index in [4.69, 9.17) is 19.2 Å². The number of likely N-dealkylation sites (tertiary alicyclic amines) is 2. The zero-order valence-electron chi connectivity index (χ0n) is 27.2. The number of halogens is 1. The normalized spacial score (nSPS) is 17.9. The number of para-hydroxylation sites is 1. The number of pyridine rings is 1. The molecule has 0 radical (unpaired) electrons. The van der Waals surface area contributed by atoms with E-state index in [-0.39, 0.29) is 47.8 Å². The number of fused-ring (bicyclic) bond motifs is 1. The van der Waals surface area contributed by atoms with Gasteiger partial charge in [-0.25, -0.2) is 9.18 Å². The molecule has 0 atom stereocenters. The molecule has 0 aliphatic carbocycles. The molecule has 3 aliphatic rings. The number of anilines is 1. The average Bonchev–Trinajstić information content (AvgIpc) is 3.07. The Balaban J connectivity index is 1.06. The molecule has 3 aromatic rings. The lowest BCUT2D eigenvalue weighted by Gasteiger charge is -2.40. The summed E-state index contributed by atoms with van der Waals surface area (Å²) in [7, 11) is 1.48. The molecule has 2 saturated heterocycles. The van der Waals surface area contributed by atoms with E-state index in [2.05, 4.69) is 24.8 Å². The minimum absolute atomic E-state index is 0.0925. The number of benzene rings is 2. The maximum Gasteiger partial charge on any atom is 0.414 e. The summed E-state index contributed by atoms with van der Waals surface area (Å²) in [6.45, 7) is 9.97. The number of methoxy groups -OCH3 is 1. The van der Waals surface area contributed by atoms with Crippen LogP contribution >= 0.6 is 0 Å². The van der Waals surface area contributed by atoms with Gasteiger partial charge in [-0.3, -0.25) is 19.6 Å². The first-order valence-electron chi connectivity index (χ1n) is 16.3. The van der Waals surface area contributed by atoms with Crippen LogP contribution in [0.15, 0.2) is 42.5 Å². The summed E-state index contributed by atoms with van der Waals surface area (Å²) in [5.74, 6) is -0.505. The van der Waals surface area contributed by atoms with E-state index in [1.54, 1.807) is 9.80 Å². The molecular formula is C36H43FN4O5. The molecule has 244 valence electrons. The summed E-state index contributed by atoms with van der Waals surface area (Å²) in [4.78, 5) is 36.8. The molecule has 2 amide bonds. The predicted octanol–water partition coefficient (Wildman–Crippen LogP) is 6.21. The summed E-state index contributed by atoms with van der Waals surface area (Å²) in [5.41, 5.74) is 6.76. The van der Waals surface area contributed by atoms with Gasteiger partial charge in [0.1, 0.15) is 18.5 Å². The standard InChI is InChI=1S/C36H43FN4O5/c1-5-31-29(23(2)18-24(3)38-31)21-39-14-12-27(13-15-39)46-34-20-33(44-4)28(19-30(34)37)35(42)40-16-10-26(11-17-40)41-32-9-7-6-8-25(32)22-45-36(41)43/h6-9,18-20,26-27H,5,10-17,21-22H2,1-4H3. The van der Waals surface area contributed by atoms with Crippen LogP contribution in [0.25, 0.3) is 0 Å². The van der Waals surface area contributed by atoms with Crippen molar-refractivity contribution in [1.82, 2.24) is 14.8 Å². The first-order valence-corrected chi connectivity index (χ1v) is 16.3. The van der Waals surface area contributed by atoms with Crippen LogP contribution in [0.4, 0.5) is 14.9 Å². The lowest BCUT2D eigenvalue weighted by atomic mass is 10.00. The van der Waals surface area contributed by atoms with Crippen molar-refractivity contribution < 1.29 is 28.2 Å². The maximum absolute atomic E-state index is 15.4. The summed E-state index contributed by atoms with van der Waals surface area (Å²) in [6.07, 6.45) is 3.11. The first-order chi connectivity index (χ1) is 22.2. The van der Waals surface area contributed by atoms with Crippen LogP contribution in [-0.2, 0) is 24.3 Å². The quantitative estimate of drug-likeness (QED) is 0.293. The molecule has 0 N–H and O–H groups in total. The topological polar surface area (TPSA) is 84.4 Å². The number of aromatic nitrogens is 1. The van der Waals surface area contributed by atoms with E-state index in [1.807, 2.05) is 31.2 Å². The number of ether oxygens (including phenoxy) is 3. The molecule has 6 rings (SSSR count). The van der Waals surface area contributed by atoms with Crippen LogP contribution in [0.3, 0.4) is 0 Å². The number of carbonyl (C=O) groups is 2. The average molecular weight is 631 g/mol. The van der Waals surface area contributed by atoms with Gasteiger partial charge in [-0.15, -0.1) is 0 Å². The summed E-state index contributed by atoms with van der Waals surface area (Å²) in [6, 6.07) is 12.5. The second kappa shape index (κ2) is 13.7. The van der Waals surface area contributed by atoms with Crippen LogP contribution in [0.5, 0.6) is 11.5 Å². The summed E-state index contributed by atoms with van der Waals surface area (Å²) < 4.78 is 32.5. The van der Waals surface area contributed by atoms with Crippen molar-refractivity contribution >= 4 is 17.7 Å². The van der Waals surface area contributed by atoms with Crippen LogP contribution < -0.4 is 14.4 Å². The molecule has 1 aromatic heterocycles. The zero-order chi connectivity index (χ0) is 32.4. The van der Waals surface area contributed by atoms with Gasteiger partial charge in [-0.1, -0.05) is 25.1 Å². The Labute approximate surface area is 270 Å². The predicted molar refractivity (Wildman–Crippen MR) is 173 cm³/mol. The van der Waals surface area contributed by atoms with Gasteiger partial charge in [-0.05, 0) is 75.3 Å². The lowest BCUT2D eigenvalue weighted by molar-refractivity contribution is 0.0703. The van der Waals surface area contributed by atoms with Gasteiger partial charge < -0.3 is 19.1 Å². The van der Waals surface area contributed by atoms with Crippen molar-refractivity contribution in [2.75, 3.05) is 38.2 Å². The number of amides is 2. The van der Waals surface area contributed by atoms with Crippen molar-refractivity contribution in [3.8, 4) is 11.5 Å². The highest BCUT2D eigenvalue weighted by atomic mass is 19.1. The minimum Gasteiger partial charge on any atom is -0.496 e. The number of hydrogen-bond donors (Lipinski definition) is 0. The van der Waals surface area contributed by atoms with Crippen LogP contribution in [-0.4, -0.2) is 72.2 Å². The number of rotatable bonds is 8. The number of nitrogens with zero attached hydrogens (tertiary/aromatic N) is 4. The van der Waals surface area contributed by atoms with E-state index >= 15 is 4.39 Å². The second-order valence-corrected chi connectivity index (χ2v) is 12.5. The van der Waals surface area contributed by atoms with Crippen LogP contribution in [0.1, 0.15) is 71.0 Å².